The summed E-state index contributed by atoms with van der Waals surface area (Å²) in [6, 6.07) is 18.1. The van der Waals surface area contributed by atoms with E-state index in [4.69, 9.17) is 4.74 Å². The lowest BCUT2D eigenvalue weighted by atomic mass is 10.2. The molecule has 0 aliphatic rings. The van der Waals surface area contributed by atoms with Crippen molar-refractivity contribution in [3.8, 4) is 5.75 Å². The quantitative estimate of drug-likeness (QED) is 0.748. The topological polar surface area (TPSA) is 38.3 Å². The number of carbonyl (C=O) groups is 1. The summed E-state index contributed by atoms with van der Waals surface area (Å²) >= 11 is 1.64. The molecule has 0 heterocycles. The summed E-state index contributed by atoms with van der Waals surface area (Å²) in [6.07, 6.45) is 0. The molecule has 0 saturated heterocycles. The van der Waals surface area contributed by atoms with Gasteiger partial charge < -0.3 is 10.1 Å². The molecular weight excluding hydrogens is 306 g/mol. The maximum absolute atomic E-state index is 12.0. The van der Waals surface area contributed by atoms with Gasteiger partial charge in [0.15, 0.2) is 0 Å². The van der Waals surface area contributed by atoms with Crippen molar-refractivity contribution in [3.05, 3.63) is 65.7 Å². The SMILES string of the molecule is Cc1cccc(OCCNC(=O)C(C)SCc2ccccc2)c1. The van der Waals surface area contributed by atoms with Crippen LogP contribution < -0.4 is 10.1 Å². The molecule has 4 heteroatoms. The molecule has 0 bridgehead atoms. The van der Waals surface area contributed by atoms with E-state index in [1.807, 2.05) is 56.3 Å². The maximum Gasteiger partial charge on any atom is 0.232 e. The van der Waals surface area contributed by atoms with Gasteiger partial charge >= 0.3 is 0 Å². The molecule has 1 amide bonds. The molecule has 122 valence electrons. The first-order valence-electron chi connectivity index (χ1n) is 7.78. The predicted molar refractivity (Wildman–Crippen MR) is 96.9 cm³/mol. The molecule has 0 radical (unpaired) electrons. The Kier molecular flexibility index (Phi) is 7.01. The second-order valence-corrected chi connectivity index (χ2v) is 6.72. The molecule has 0 saturated carbocycles. The third kappa shape index (κ3) is 6.37. The molecule has 1 N–H and O–H groups in total. The molecule has 0 spiro atoms. The normalized spacial score (nSPS) is 11.7. The highest BCUT2D eigenvalue weighted by atomic mass is 32.2. The lowest BCUT2D eigenvalue weighted by Gasteiger charge is -2.12. The third-order valence-electron chi connectivity index (χ3n) is 3.37. The number of carbonyl (C=O) groups excluding carboxylic acids is 1. The highest BCUT2D eigenvalue weighted by Gasteiger charge is 2.12. The van der Waals surface area contributed by atoms with Gasteiger partial charge in [0.1, 0.15) is 12.4 Å². The smallest absolute Gasteiger partial charge is 0.232 e. The molecule has 1 unspecified atom stereocenters. The Hall–Kier alpha value is -1.94. The molecule has 0 aliphatic carbocycles. The van der Waals surface area contributed by atoms with Crippen LogP contribution >= 0.6 is 11.8 Å². The first kappa shape index (κ1) is 17.4. The van der Waals surface area contributed by atoms with E-state index < -0.39 is 0 Å². The predicted octanol–water partition coefficient (Wildman–Crippen LogP) is 3.81. The highest BCUT2D eigenvalue weighted by Crippen LogP contribution is 2.17. The van der Waals surface area contributed by atoms with Crippen LogP contribution in [0.2, 0.25) is 0 Å². The third-order valence-corrected chi connectivity index (χ3v) is 4.59. The summed E-state index contributed by atoms with van der Waals surface area (Å²) in [5, 5.41) is 2.84. The van der Waals surface area contributed by atoms with Crippen LogP contribution in [0.15, 0.2) is 54.6 Å². The van der Waals surface area contributed by atoms with E-state index >= 15 is 0 Å². The number of thioether (sulfide) groups is 1. The second-order valence-electron chi connectivity index (χ2n) is 5.39. The molecule has 0 aromatic heterocycles. The standard InChI is InChI=1S/C19H23NO2S/c1-15-7-6-10-18(13-15)22-12-11-20-19(21)16(2)23-14-17-8-4-3-5-9-17/h3-10,13,16H,11-12,14H2,1-2H3,(H,20,21). The van der Waals surface area contributed by atoms with Gasteiger partial charge in [-0.05, 0) is 37.1 Å². The van der Waals surface area contributed by atoms with Crippen LogP contribution in [0.3, 0.4) is 0 Å². The number of ether oxygens (including phenoxy) is 1. The first-order chi connectivity index (χ1) is 11.1. The van der Waals surface area contributed by atoms with E-state index in [0.717, 1.165) is 17.1 Å². The first-order valence-corrected chi connectivity index (χ1v) is 8.83. The summed E-state index contributed by atoms with van der Waals surface area (Å²) in [5.74, 6) is 1.74. The van der Waals surface area contributed by atoms with Crippen LogP contribution in [0.4, 0.5) is 0 Å². The van der Waals surface area contributed by atoms with Crippen molar-refractivity contribution in [2.24, 2.45) is 0 Å². The Morgan fingerprint density at radius 3 is 2.70 bits per heavy atom. The van der Waals surface area contributed by atoms with E-state index in [-0.39, 0.29) is 11.2 Å². The van der Waals surface area contributed by atoms with E-state index in [1.165, 1.54) is 5.56 Å². The van der Waals surface area contributed by atoms with E-state index in [2.05, 4.69) is 17.4 Å². The van der Waals surface area contributed by atoms with Gasteiger partial charge in [0, 0.05) is 5.75 Å². The molecule has 3 nitrogen and oxygen atoms in total. The number of aryl methyl sites for hydroxylation is 1. The fraction of sp³-hybridized carbons (Fsp3) is 0.316. The average Bonchev–Trinajstić information content (AvgIpc) is 2.57. The number of nitrogens with one attached hydrogen (secondary N) is 1. The van der Waals surface area contributed by atoms with Gasteiger partial charge in [0.2, 0.25) is 5.91 Å². The Labute approximate surface area is 142 Å². The van der Waals surface area contributed by atoms with E-state index in [0.29, 0.717) is 13.2 Å². The molecule has 1 atom stereocenters. The zero-order valence-corrected chi connectivity index (χ0v) is 14.4. The molecule has 2 aromatic rings. The minimum atomic E-state index is -0.0748. The lowest BCUT2D eigenvalue weighted by Crippen LogP contribution is -2.34. The minimum absolute atomic E-state index is 0.0544. The van der Waals surface area contributed by atoms with Gasteiger partial charge in [0.05, 0.1) is 11.8 Å². The molecular formula is C19H23NO2S. The van der Waals surface area contributed by atoms with Crippen molar-refractivity contribution in [1.29, 1.82) is 0 Å². The minimum Gasteiger partial charge on any atom is -0.492 e. The molecule has 0 fully saturated rings. The Bertz CT molecular complexity index is 616. The zero-order valence-electron chi connectivity index (χ0n) is 13.6. The molecule has 2 aromatic carbocycles. The van der Waals surface area contributed by atoms with Gasteiger partial charge in [-0.2, -0.15) is 0 Å². The second kappa shape index (κ2) is 9.26. The fourth-order valence-electron chi connectivity index (χ4n) is 2.06. The average molecular weight is 329 g/mol. The number of benzene rings is 2. The number of rotatable bonds is 8. The van der Waals surface area contributed by atoms with E-state index in [1.54, 1.807) is 11.8 Å². The van der Waals surface area contributed by atoms with Gasteiger partial charge in [-0.15, -0.1) is 11.8 Å². The van der Waals surface area contributed by atoms with Crippen LogP contribution in [0.1, 0.15) is 18.1 Å². The summed E-state index contributed by atoms with van der Waals surface area (Å²) in [5.41, 5.74) is 2.40. The fourth-order valence-corrected chi connectivity index (χ4v) is 2.93. The van der Waals surface area contributed by atoms with Crippen molar-refractivity contribution >= 4 is 17.7 Å². The number of hydrogen-bond acceptors (Lipinski definition) is 3. The van der Waals surface area contributed by atoms with Crippen LogP contribution in [-0.4, -0.2) is 24.3 Å². The van der Waals surface area contributed by atoms with Crippen LogP contribution in [-0.2, 0) is 10.5 Å². The Morgan fingerprint density at radius 2 is 1.96 bits per heavy atom. The zero-order chi connectivity index (χ0) is 16.5. The maximum atomic E-state index is 12.0. The number of amides is 1. The Balaban J connectivity index is 1.64. The monoisotopic (exact) mass is 329 g/mol. The van der Waals surface area contributed by atoms with Gasteiger partial charge in [-0.1, -0.05) is 42.5 Å². The van der Waals surface area contributed by atoms with Crippen LogP contribution in [0.5, 0.6) is 5.75 Å². The summed E-state index contributed by atoms with van der Waals surface area (Å²) in [7, 11) is 0. The van der Waals surface area contributed by atoms with Gasteiger partial charge in [-0.3, -0.25) is 4.79 Å². The highest BCUT2D eigenvalue weighted by molar-refractivity contribution is 7.99. The van der Waals surface area contributed by atoms with Crippen molar-refractivity contribution < 1.29 is 9.53 Å². The van der Waals surface area contributed by atoms with Gasteiger partial charge in [0.25, 0.3) is 0 Å². The molecule has 23 heavy (non-hydrogen) atoms. The van der Waals surface area contributed by atoms with Crippen molar-refractivity contribution in [2.45, 2.75) is 24.9 Å². The molecule has 2 rings (SSSR count). The largest absolute Gasteiger partial charge is 0.492 e. The Morgan fingerprint density at radius 1 is 1.17 bits per heavy atom. The van der Waals surface area contributed by atoms with Crippen LogP contribution in [0.25, 0.3) is 0 Å². The lowest BCUT2D eigenvalue weighted by molar-refractivity contribution is -0.120. The van der Waals surface area contributed by atoms with Crippen molar-refractivity contribution in [3.63, 3.8) is 0 Å². The molecule has 0 aliphatic heterocycles. The number of hydrogen-bond donors (Lipinski definition) is 1. The van der Waals surface area contributed by atoms with Crippen molar-refractivity contribution in [2.75, 3.05) is 13.2 Å². The van der Waals surface area contributed by atoms with Crippen molar-refractivity contribution in [1.82, 2.24) is 5.32 Å². The van der Waals surface area contributed by atoms with E-state index in [9.17, 15) is 4.79 Å². The summed E-state index contributed by atoms with van der Waals surface area (Å²) in [6.45, 7) is 4.96. The van der Waals surface area contributed by atoms with Gasteiger partial charge in [-0.25, -0.2) is 0 Å². The summed E-state index contributed by atoms with van der Waals surface area (Å²) in [4.78, 5) is 12.0. The summed E-state index contributed by atoms with van der Waals surface area (Å²) < 4.78 is 5.62. The van der Waals surface area contributed by atoms with Crippen LogP contribution in [0, 0.1) is 6.92 Å².